The van der Waals surface area contributed by atoms with E-state index in [4.69, 9.17) is 9.47 Å². The van der Waals surface area contributed by atoms with Crippen molar-refractivity contribution in [3.8, 4) is 11.5 Å². The van der Waals surface area contributed by atoms with Gasteiger partial charge in [-0.25, -0.2) is 0 Å². The fourth-order valence-electron chi connectivity index (χ4n) is 1.63. The van der Waals surface area contributed by atoms with Crippen molar-refractivity contribution in [2.45, 2.75) is 13.2 Å². The van der Waals surface area contributed by atoms with Gasteiger partial charge in [-0.15, -0.1) is 12.4 Å². The molecule has 19 heavy (non-hydrogen) atoms. The molecule has 0 amide bonds. The molecule has 0 saturated carbocycles. The molecule has 1 N–H and O–H groups in total. The number of hydrogen-bond acceptors (Lipinski definition) is 4. The Labute approximate surface area is 118 Å². The zero-order chi connectivity index (χ0) is 12.8. The summed E-state index contributed by atoms with van der Waals surface area (Å²) in [4.78, 5) is 4.06. The summed E-state index contributed by atoms with van der Waals surface area (Å²) in [5.74, 6) is 1.07. The Kier molecular flexibility index (Phi) is 6.12. The van der Waals surface area contributed by atoms with Crippen LogP contribution in [-0.4, -0.2) is 17.2 Å². The smallest absolute Gasteiger partial charge is 0.185 e. The highest BCUT2D eigenvalue weighted by Gasteiger charge is 2.11. The Balaban J connectivity index is 0.00000180. The Bertz CT molecular complexity index is 483. The molecule has 4 nitrogen and oxygen atoms in total. The number of rotatable bonds is 5. The van der Waals surface area contributed by atoms with E-state index < -0.39 is 0 Å². The van der Waals surface area contributed by atoms with Crippen LogP contribution in [0.5, 0.6) is 11.5 Å². The van der Waals surface area contributed by atoms with E-state index in [2.05, 4.69) is 4.98 Å². The average Bonchev–Trinajstić information content (AvgIpc) is 2.45. The van der Waals surface area contributed by atoms with Crippen LogP contribution in [0.2, 0.25) is 0 Å². The first-order chi connectivity index (χ1) is 8.85. The number of aliphatic hydroxyl groups is 1. The maximum Gasteiger partial charge on any atom is 0.185 e. The highest BCUT2D eigenvalue weighted by Crippen LogP contribution is 2.30. The fourth-order valence-corrected chi connectivity index (χ4v) is 1.63. The molecule has 0 radical (unpaired) electrons. The average molecular weight is 282 g/mol. The van der Waals surface area contributed by atoms with Gasteiger partial charge < -0.3 is 14.6 Å². The molecule has 0 aliphatic rings. The Morgan fingerprint density at radius 1 is 1.16 bits per heavy atom. The molecule has 0 aliphatic carbocycles. The van der Waals surface area contributed by atoms with Gasteiger partial charge in [-0.1, -0.05) is 30.3 Å². The Hall–Kier alpha value is -1.78. The van der Waals surface area contributed by atoms with Crippen LogP contribution >= 0.6 is 12.4 Å². The molecule has 1 aromatic heterocycles. The summed E-state index contributed by atoms with van der Waals surface area (Å²) in [7, 11) is 1.56. The number of hydrogen-bond donors (Lipinski definition) is 1. The maximum absolute atomic E-state index is 9.24. The molecule has 0 aliphatic heterocycles. The van der Waals surface area contributed by atoms with Crippen LogP contribution in [0.1, 0.15) is 11.3 Å². The quantitative estimate of drug-likeness (QED) is 0.915. The van der Waals surface area contributed by atoms with Gasteiger partial charge in [0.25, 0.3) is 0 Å². The van der Waals surface area contributed by atoms with E-state index in [9.17, 15) is 5.11 Å². The Morgan fingerprint density at radius 2 is 1.89 bits per heavy atom. The predicted molar refractivity (Wildman–Crippen MR) is 74.7 cm³/mol. The lowest BCUT2D eigenvalue weighted by atomic mass is 10.2. The molecule has 2 rings (SSSR count). The van der Waals surface area contributed by atoms with Crippen LogP contribution in [-0.2, 0) is 13.2 Å². The molecule has 1 aromatic carbocycles. The van der Waals surface area contributed by atoms with Crippen LogP contribution in [0, 0.1) is 0 Å². The third-order valence-corrected chi connectivity index (χ3v) is 2.54. The normalized spacial score (nSPS) is 9.58. The summed E-state index contributed by atoms with van der Waals surface area (Å²) in [6.45, 7) is 0.233. The second kappa shape index (κ2) is 7.61. The molecule has 0 fully saturated rings. The lowest BCUT2D eigenvalue weighted by Gasteiger charge is -2.13. The van der Waals surface area contributed by atoms with Crippen LogP contribution in [0.4, 0.5) is 0 Å². The number of pyridine rings is 1. The van der Waals surface area contributed by atoms with Crippen molar-refractivity contribution in [2.24, 2.45) is 0 Å². The summed E-state index contributed by atoms with van der Waals surface area (Å²) in [5.41, 5.74) is 1.53. The van der Waals surface area contributed by atoms with Gasteiger partial charge >= 0.3 is 0 Å². The van der Waals surface area contributed by atoms with E-state index in [0.717, 1.165) is 5.56 Å². The van der Waals surface area contributed by atoms with E-state index >= 15 is 0 Å². The minimum Gasteiger partial charge on any atom is -0.493 e. The first-order valence-corrected chi connectivity index (χ1v) is 5.64. The SMILES string of the molecule is COc1ccnc(CO)c1OCc1ccccc1.Cl. The van der Waals surface area contributed by atoms with Gasteiger partial charge in [0.05, 0.1) is 13.7 Å². The molecule has 1 heterocycles. The van der Waals surface area contributed by atoms with Gasteiger partial charge in [0, 0.05) is 12.3 Å². The summed E-state index contributed by atoms with van der Waals surface area (Å²) in [6, 6.07) is 11.5. The third kappa shape index (κ3) is 3.84. The highest BCUT2D eigenvalue weighted by atomic mass is 35.5. The van der Waals surface area contributed by atoms with Gasteiger partial charge in [0.1, 0.15) is 12.3 Å². The lowest BCUT2D eigenvalue weighted by molar-refractivity contribution is 0.244. The third-order valence-electron chi connectivity index (χ3n) is 2.54. The first-order valence-electron chi connectivity index (χ1n) is 5.64. The Morgan fingerprint density at radius 3 is 2.53 bits per heavy atom. The lowest BCUT2D eigenvalue weighted by Crippen LogP contribution is -2.02. The largest absolute Gasteiger partial charge is 0.493 e. The molecule has 0 atom stereocenters. The van der Waals surface area contributed by atoms with Crippen molar-refractivity contribution >= 4 is 12.4 Å². The van der Waals surface area contributed by atoms with Crippen molar-refractivity contribution in [3.63, 3.8) is 0 Å². The van der Waals surface area contributed by atoms with Gasteiger partial charge in [0.2, 0.25) is 0 Å². The van der Waals surface area contributed by atoms with E-state index in [-0.39, 0.29) is 19.0 Å². The summed E-state index contributed by atoms with van der Waals surface area (Å²) < 4.78 is 10.9. The zero-order valence-corrected chi connectivity index (χ0v) is 11.4. The summed E-state index contributed by atoms with van der Waals surface area (Å²) in [6.07, 6.45) is 1.58. The highest BCUT2D eigenvalue weighted by molar-refractivity contribution is 5.85. The van der Waals surface area contributed by atoms with Crippen LogP contribution in [0.25, 0.3) is 0 Å². The van der Waals surface area contributed by atoms with Gasteiger partial charge in [-0.2, -0.15) is 0 Å². The van der Waals surface area contributed by atoms with Crippen LogP contribution in [0.15, 0.2) is 42.6 Å². The van der Waals surface area contributed by atoms with E-state index in [0.29, 0.717) is 23.8 Å². The number of nitrogens with zero attached hydrogens (tertiary/aromatic N) is 1. The van der Waals surface area contributed by atoms with Gasteiger partial charge in [0.15, 0.2) is 11.5 Å². The number of aromatic nitrogens is 1. The topological polar surface area (TPSA) is 51.6 Å². The number of ether oxygens (including phenoxy) is 2. The van der Waals surface area contributed by atoms with Crippen molar-refractivity contribution in [3.05, 3.63) is 53.9 Å². The maximum atomic E-state index is 9.24. The van der Waals surface area contributed by atoms with Crippen molar-refractivity contribution in [2.75, 3.05) is 7.11 Å². The number of methoxy groups -OCH3 is 1. The van der Waals surface area contributed by atoms with E-state index in [1.54, 1.807) is 19.4 Å². The predicted octanol–water partition coefficient (Wildman–Crippen LogP) is 2.58. The van der Waals surface area contributed by atoms with E-state index in [1.807, 2.05) is 30.3 Å². The summed E-state index contributed by atoms with van der Waals surface area (Å²) >= 11 is 0. The number of halogens is 1. The monoisotopic (exact) mass is 281 g/mol. The fraction of sp³-hybridized carbons (Fsp3) is 0.214. The minimum atomic E-state index is -0.179. The van der Waals surface area contributed by atoms with Crippen LogP contribution < -0.4 is 9.47 Å². The van der Waals surface area contributed by atoms with Gasteiger partial charge in [-0.3, -0.25) is 4.98 Å². The standard InChI is InChI=1S/C14H15NO3.ClH/c1-17-13-7-8-15-12(9-16)14(13)18-10-11-5-3-2-4-6-11;/h2-8,16H,9-10H2,1H3;1H. The number of benzene rings is 1. The van der Waals surface area contributed by atoms with Crippen molar-refractivity contribution in [1.29, 1.82) is 0 Å². The van der Waals surface area contributed by atoms with Gasteiger partial charge in [-0.05, 0) is 5.56 Å². The minimum absolute atomic E-state index is 0. The second-order valence-corrected chi connectivity index (χ2v) is 3.72. The number of aliphatic hydroxyl groups excluding tert-OH is 1. The molecule has 0 spiro atoms. The van der Waals surface area contributed by atoms with E-state index in [1.165, 1.54) is 0 Å². The van der Waals surface area contributed by atoms with Crippen molar-refractivity contribution in [1.82, 2.24) is 4.98 Å². The van der Waals surface area contributed by atoms with Crippen molar-refractivity contribution < 1.29 is 14.6 Å². The second-order valence-electron chi connectivity index (χ2n) is 3.72. The molecule has 102 valence electrons. The zero-order valence-electron chi connectivity index (χ0n) is 10.6. The summed E-state index contributed by atoms with van der Waals surface area (Å²) in [5, 5.41) is 9.24. The molecule has 2 aromatic rings. The molecule has 5 heteroatoms. The molecule has 0 saturated heterocycles. The molecule has 0 unspecified atom stereocenters. The molecular weight excluding hydrogens is 266 g/mol. The first kappa shape index (κ1) is 15.3. The molecular formula is C14H16ClNO3. The molecule has 0 bridgehead atoms. The van der Waals surface area contributed by atoms with Crippen LogP contribution in [0.3, 0.4) is 0 Å².